The Morgan fingerprint density at radius 3 is 0.775 bits per heavy atom. The third-order valence-corrected chi connectivity index (χ3v) is 3.58. The van der Waals surface area contributed by atoms with E-state index >= 15 is 0 Å². The van der Waals surface area contributed by atoms with Crippen molar-refractivity contribution in [2.75, 3.05) is 0 Å². The van der Waals surface area contributed by atoms with E-state index in [9.17, 15) is 110 Å². The van der Waals surface area contributed by atoms with Gasteiger partial charge in [0.15, 0.2) is 0 Å². The van der Waals surface area contributed by atoms with Gasteiger partial charge in [0, 0.05) is 0 Å². The van der Waals surface area contributed by atoms with Gasteiger partial charge in [-0.25, -0.2) is 9.47 Å². The number of carbonyl (C=O) groups excluding carboxylic acids is 1. The molecule has 0 radical (unpaired) electrons. The predicted octanol–water partition coefficient (Wildman–Crippen LogP) is 7.19. The fraction of sp³-hybridized carbons (Fsp3) is 0.917. The monoisotopic (exact) mass is 664 g/mol. The molecule has 0 aliphatic heterocycles. The molecule has 0 amide bonds. The molecule has 4 nitrogen and oxygen atoms in total. The first kappa shape index (κ1) is 37.9. The Morgan fingerprint density at radius 1 is 0.350 bits per heavy atom. The van der Waals surface area contributed by atoms with Gasteiger partial charge in [-0.3, -0.25) is 9.53 Å². The lowest BCUT2D eigenvalue weighted by Crippen LogP contribution is -2.67. The maximum absolute atomic E-state index is 13.3. The minimum Gasteiger partial charge on any atom is -0.261 e. The van der Waals surface area contributed by atoms with E-state index in [1.54, 1.807) is 0 Å². The Kier molecular flexibility index (Phi) is 9.20. The van der Waals surface area contributed by atoms with Crippen molar-refractivity contribution in [2.45, 2.75) is 66.5 Å². The molecule has 40 heavy (non-hydrogen) atoms. The fourth-order valence-corrected chi connectivity index (χ4v) is 1.53. The SMILES string of the molecule is O=C(F)C(F)(OC(F)(F)C(F)(F)C(F)(F)OC(F)(F)C(F)(F)C(F)(F)OC(F)(F)C(F)(F)C(F)(F)F)C(F)(F)F. The van der Waals surface area contributed by atoms with Crippen molar-refractivity contribution in [3.63, 3.8) is 0 Å². The van der Waals surface area contributed by atoms with Crippen LogP contribution in [0.4, 0.5) is 105 Å². The standard InChI is InChI=1S/C12F24O4/c13-1(37)2(14,6(21,22)23)38-9(29,30)4(17,18)10(31,32)40-12(35,36)5(19,20)11(33,34)39-8(27,28)3(15,16)7(24,25)26. The number of halogens is 24. The number of carbonyl (C=O) groups is 1. The molecule has 0 aliphatic rings. The minimum atomic E-state index is -8.61. The molecule has 0 spiro atoms. The third-order valence-electron chi connectivity index (χ3n) is 3.58. The highest BCUT2D eigenvalue weighted by Gasteiger charge is 2.86. The van der Waals surface area contributed by atoms with Crippen LogP contribution in [0.5, 0.6) is 0 Å². The molecule has 0 N–H and O–H groups in total. The van der Waals surface area contributed by atoms with E-state index in [1.165, 1.54) is 4.74 Å². The topological polar surface area (TPSA) is 44.8 Å². The van der Waals surface area contributed by atoms with E-state index < -0.39 is 72.6 Å². The molecule has 1 unspecified atom stereocenters. The van der Waals surface area contributed by atoms with Crippen molar-refractivity contribution in [3.05, 3.63) is 0 Å². The van der Waals surface area contributed by atoms with Gasteiger partial charge >= 0.3 is 72.6 Å². The molecule has 0 aromatic rings. The Hall–Kier alpha value is -2.13. The first-order valence-electron chi connectivity index (χ1n) is 7.96. The second kappa shape index (κ2) is 9.72. The maximum atomic E-state index is 13.3. The van der Waals surface area contributed by atoms with E-state index in [-0.39, 0.29) is 0 Å². The summed E-state index contributed by atoms with van der Waals surface area (Å²) < 4.78 is 309. The second-order valence-electron chi connectivity index (χ2n) is 6.48. The third kappa shape index (κ3) is 6.06. The van der Waals surface area contributed by atoms with Gasteiger partial charge in [-0.1, -0.05) is 0 Å². The largest absolute Gasteiger partial charge is 0.462 e. The number of ether oxygens (including phenoxy) is 3. The molecule has 0 aliphatic carbocycles. The molecule has 0 aromatic carbocycles. The average molecular weight is 664 g/mol. The van der Waals surface area contributed by atoms with Crippen LogP contribution in [0.15, 0.2) is 0 Å². The van der Waals surface area contributed by atoms with Gasteiger partial charge < -0.3 is 0 Å². The average Bonchev–Trinajstić information content (AvgIpc) is 2.63. The van der Waals surface area contributed by atoms with Crippen LogP contribution in [0.25, 0.3) is 0 Å². The van der Waals surface area contributed by atoms with Gasteiger partial charge in [-0.2, -0.15) is 105 Å². The van der Waals surface area contributed by atoms with Crippen molar-refractivity contribution in [3.8, 4) is 0 Å². The van der Waals surface area contributed by atoms with E-state index in [2.05, 4.69) is 0 Å². The summed E-state index contributed by atoms with van der Waals surface area (Å²) >= 11 is 0. The zero-order chi connectivity index (χ0) is 33.2. The Labute approximate surface area is 198 Å². The van der Waals surface area contributed by atoms with Gasteiger partial charge in [0.25, 0.3) is 0 Å². The van der Waals surface area contributed by atoms with Crippen LogP contribution in [0.1, 0.15) is 0 Å². The van der Waals surface area contributed by atoms with Crippen molar-refractivity contribution < 1.29 is 124 Å². The molecule has 0 saturated heterocycles. The van der Waals surface area contributed by atoms with Crippen LogP contribution in [-0.4, -0.2) is 72.6 Å². The Bertz CT molecular complexity index is 931. The van der Waals surface area contributed by atoms with Gasteiger partial charge in [0.2, 0.25) is 0 Å². The van der Waals surface area contributed by atoms with Gasteiger partial charge in [-0.05, 0) is 0 Å². The number of hydrogen-bond donors (Lipinski definition) is 0. The van der Waals surface area contributed by atoms with E-state index in [0.29, 0.717) is 0 Å². The molecule has 28 heteroatoms. The molecule has 240 valence electrons. The fourth-order valence-electron chi connectivity index (χ4n) is 1.53. The molecule has 0 aromatic heterocycles. The summed E-state index contributed by atoms with van der Waals surface area (Å²) in [6.07, 6.45) is -56.8. The maximum Gasteiger partial charge on any atom is 0.462 e. The second-order valence-corrected chi connectivity index (χ2v) is 6.48. The van der Waals surface area contributed by atoms with Crippen molar-refractivity contribution in [1.29, 1.82) is 0 Å². The zero-order valence-electron chi connectivity index (χ0n) is 16.7. The number of rotatable bonds is 12. The lowest BCUT2D eigenvalue weighted by Gasteiger charge is -2.39. The van der Waals surface area contributed by atoms with Crippen LogP contribution in [0, 0.1) is 0 Å². The van der Waals surface area contributed by atoms with Crippen molar-refractivity contribution in [1.82, 2.24) is 0 Å². The molecule has 0 saturated carbocycles. The summed E-state index contributed by atoms with van der Waals surface area (Å²) in [6, 6.07) is -4.90. The lowest BCUT2D eigenvalue weighted by molar-refractivity contribution is -0.555. The van der Waals surface area contributed by atoms with Gasteiger partial charge in [0.1, 0.15) is 0 Å². The van der Waals surface area contributed by atoms with E-state index in [0.717, 1.165) is 9.47 Å². The summed E-state index contributed by atoms with van der Waals surface area (Å²) in [4.78, 5) is 9.90. The molecular formula is C12F24O4. The minimum absolute atomic E-state index is 0.932. The van der Waals surface area contributed by atoms with E-state index in [1.807, 2.05) is 0 Å². The Morgan fingerprint density at radius 2 is 0.575 bits per heavy atom. The van der Waals surface area contributed by atoms with Crippen LogP contribution in [0.2, 0.25) is 0 Å². The molecule has 0 fully saturated rings. The number of alkyl halides is 23. The molecular weight excluding hydrogens is 664 g/mol. The summed E-state index contributed by atoms with van der Waals surface area (Å²) in [6.45, 7) is 0. The lowest BCUT2D eigenvalue weighted by atomic mass is 10.2. The zero-order valence-corrected chi connectivity index (χ0v) is 16.7. The highest BCUT2D eigenvalue weighted by Crippen LogP contribution is 2.57. The normalized spacial score (nSPS) is 17.6. The highest BCUT2D eigenvalue weighted by atomic mass is 19.4. The van der Waals surface area contributed by atoms with Crippen LogP contribution in [-0.2, 0) is 19.0 Å². The smallest absolute Gasteiger partial charge is 0.261 e. The first-order valence-corrected chi connectivity index (χ1v) is 7.96. The summed E-state index contributed by atoms with van der Waals surface area (Å²) in [7, 11) is 0. The summed E-state index contributed by atoms with van der Waals surface area (Å²) in [5.74, 6) is -32.5. The van der Waals surface area contributed by atoms with E-state index in [4.69, 9.17) is 0 Å². The Balaban J connectivity index is 6.54. The van der Waals surface area contributed by atoms with Crippen LogP contribution < -0.4 is 0 Å². The summed E-state index contributed by atoms with van der Waals surface area (Å²) in [5, 5.41) is 0. The highest BCUT2D eigenvalue weighted by molar-refractivity contribution is 5.77. The quantitative estimate of drug-likeness (QED) is 0.164. The first-order chi connectivity index (χ1) is 16.8. The van der Waals surface area contributed by atoms with Crippen molar-refractivity contribution >= 4 is 6.04 Å². The molecule has 0 rings (SSSR count). The van der Waals surface area contributed by atoms with Gasteiger partial charge in [0.05, 0.1) is 0 Å². The van der Waals surface area contributed by atoms with Gasteiger partial charge in [-0.15, -0.1) is 0 Å². The molecule has 1 atom stereocenters. The predicted molar refractivity (Wildman–Crippen MR) is 64.9 cm³/mol. The van der Waals surface area contributed by atoms with Crippen LogP contribution in [0.3, 0.4) is 0 Å². The number of hydrogen-bond acceptors (Lipinski definition) is 4. The van der Waals surface area contributed by atoms with Crippen LogP contribution >= 0.6 is 0 Å². The molecule has 0 heterocycles. The molecule has 0 bridgehead atoms. The summed E-state index contributed by atoms with van der Waals surface area (Å²) in [5.41, 5.74) is 0. The van der Waals surface area contributed by atoms with Crippen molar-refractivity contribution in [2.24, 2.45) is 0 Å².